The third-order valence-corrected chi connectivity index (χ3v) is 3.95. The van der Waals surface area contributed by atoms with Gasteiger partial charge < -0.3 is 5.73 Å². The average Bonchev–Trinajstić information content (AvgIpc) is 2.63. The molecule has 0 radical (unpaired) electrons. The molecule has 198 valence electrons. The Morgan fingerprint density at radius 1 is 0.714 bits per heavy atom. The summed E-state index contributed by atoms with van der Waals surface area (Å²) in [5, 5.41) is 22.1. The fourth-order valence-corrected chi connectivity index (χ4v) is 2.21. The molecular formula is C13H4F14N4O4. The molecule has 0 unspecified atom stereocenters. The lowest BCUT2D eigenvalue weighted by Crippen LogP contribution is -2.58. The summed E-state index contributed by atoms with van der Waals surface area (Å²) in [7, 11) is 0. The summed E-state index contributed by atoms with van der Waals surface area (Å²) >= 11 is 0. The summed E-state index contributed by atoms with van der Waals surface area (Å²) in [6.45, 7) is 0. The van der Waals surface area contributed by atoms with Crippen LogP contribution in [0.2, 0.25) is 0 Å². The van der Waals surface area contributed by atoms with E-state index in [-0.39, 0.29) is 0 Å². The minimum Gasteiger partial charge on any atom is -0.382 e. The van der Waals surface area contributed by atoms with Gasteiger partial charge in [0.15, 0.2) is 5.84 Å². The molecule has 0 bridgehead atoms. The van der Waals surface area contributed by atoms with Gasteiger partial charge in [-0.1, -0.05) is 0 Å². The third-order valence-electron chi connectivity index (χ3n) is 3.95. The van der Waals surface area contributed by atoms with Crippen molar-refractivity contribution >= 4 is 22.9 Å². The van der Waals surface area contributed by atoms with Crippen LogP contribution in [0.5, 0.6) is 0 Å². The maximum absolute atomic E-state index is 14.2. The third kappa shape index (κ3) is 4.72. The quantitative estimate of drug-likeness (QED) is 0.163. The molecule has 8 nitrogen and oxygen atoms in total. The molecule has 0 atom stereocenters. The van der Waals surface area contributed by atoms with Gasteiger partial charge in [-0.15, -0.1) is 0 Å². The first-order chi connectivity index (χ1) is 15.2. The molecule has 1 aromatic carbocycles. The molecule has 0 saturated carbocycles. The van der Waals surface area contributed by atoms with Crippen molar-refractivity contribution in [2.75, 3.05) is 0 Å². The van der Waals surface area contributed by atoms with E-state index in [9.17, 15) is 81.7 Å². The number of amidine groups is 1. The highest BCUT2D eigenvalue weighted by Gasteiger charge is 2.75. The van der Waals surface area contributed by atoms with Crippen molar-refractivity contribution in [3.8, 4) is 0 Å². The minimum atomic E-state index is -7.07. The van der Waals surface area contributed by atoms with Gasteiger partial charge in [-0.05, 0) is 0 Å². The van der Waals surface area contributed by atoms with Crippen molar-refractivity contribution < 1.29 is 71.3 Å². The van der Waals surface area contributed by atoms with Gasteiger partial charge in [0.2, 0.25) is 5.69 Å². The van der Waals surface area contributed by atoms with Crippen LogP contribution in [0.4, 0.5) is 78.5 Å². The van der Waals surface area contributed by atoms with Crippen LogP contribution < -0.4 is 5.73 Å². The van der Waals surface area contributed by atoms with Crippen molar-refractivity contribution in [3.63, 3.8) is 0 Å². The second-order valence-electron chi connectivity index (χ2n) is 6.17. The highest BCUT2D eigenvalue weighted by molar-refractivity contribution is 5.93. The lowest BCUT2D eigenvalue weighted by Gasteiger charge is -2.30. The number of nitrogens with zero attached hydrogens (tertiary/aromatic N) is 3. The Balaban J connectivity index is 4.13. The van der Waals surface area contributed by atoms with Crippen LogP contribution in [0.1, 0.15) is 5.56 Å². The van der Waals surface area contributed by atoms with E-state index >= 15 is 0 Å². The molecule has 1 rings (SSSR count). The van der Waals surface area contributed by atoms with E-state index < -0.39 is 86.5 Å². The number of benzene rings is 1. The molecule has 0 aliphatic carbocycles. The normalized spacial score (nSPS) is 14.7. The molecule has 0 aromatic heterocycles. The number of nitrogens with two attached hydrogens (primary N) is 1. The van der Waals surface area contributed by atoms with Crippen LogP contribution in [0, 0.1) is 20.2 Å². The number of aliphatic imine (C=N–C) groups is 1. The van der Waals surface area contributed by atoms with E-state index in [0.717, 1.165) is 0 Å². The van der Waals surface area contributed by atoms with Crippen molar-refractivity contribution in [1.29, 1.82) is 0 Å². The molecule has 0 fully saturated rings. The number of hydrogen-bond acceptors (Lipinski definition) is 5. The van der Waals surface area contributed by atoms with Crippen LogP contribution in [0.15, 0.2) is 17.1 Å². The van der Waals surface area contributed by atoms with Crippen molar-refractivity contribution in [2.24, 2.45) is 10.7 Å². The molecule has 0 heterocycles. The van der Waals surface area contributed by atoms with Gasteiger partial charge in [0.25, 0.3) is 0 Å². The first-order valence-electron chi connectivity index (χ1n) is 7.71. The van der Waals surface area contributed by atoms with E-state index in [1.807, 2.05) is 4.99 Å². The number of nitro benzene ring substituents is 2. The first-order valence-corrected chi connectivity index (χ1v) is 7.71. The molecule has 0 aliphatic rings. The maximum Gasteiger partial charge on any atom is 0.460 e. The van der Waals surface area contributed by atoms with Gasteiger partial charge in [0.1, 0.15) is 0 Å². The van der Waals surface area contributed by atoms with Crippen LogP contribution in [0.3, 0.4) is 0 Å². The molecule has 0 amide bonds. The first kappa shape index (κ1) is 29.5. The van der Waals surface area contributed by atoms with Crippen LogP contribution >= 0.6 is 0 Å². The summed E-state index contributed by atoms with van der Waals surface area (Å²) in [5.41, 5.74) is -12.6. The molecule has 2 N–H and O–H groups in total. The molecule has 0 saturated heterocycles. The fraction of sp³-hybridized carbons (Fsp3) is 0.462. The summed E-state index contributed by atoms with van der Waals surface area (Å²) in [6, 6.07) is -2.06. The van der Waals surface area contributed by atoms with E-state index in [4.69, 9.17) is 0 Å². The predicted octanol–water partition coefficient (Wildman–Crippen LogP) is 5.61. The maximum atomic E-state index is 14.2. The van der Waals surface area contributed by atoms with Crippen LogP contribution in [-0.4, -0.2) is 46.1 Å². The minimum absolute atomic E-state index is 1.03. The highest BCUT2D eigenvalue weighted by Crippen LogP contribution is 2.55. The number of rotatable bonds is 6. The van der Waals surface area contributed by atoms with Crippen LogP contribution in [0.25, 0.3) is 0 Å². The number of halogens is 14. The van der Waals surface area contributed by atoms with E-state index in [1.54, 1.807) is 0 Å². The molecule has 0 aliphatic heterocycles. The Bertz CT molecular complexity index is 1010. The summed E-state index contributed by atoms with van der Waals surface area (Å²) in [6.07, 6.45) is -21.0. The van der Waals surface area contributed by atoms with Gasteiger partial charge in [-0.25, -0.2) is 9.38 Å². The Kier molecular flexibility index (Phi) is 7.02. The Morgan fingerprint density at radius 3 is 1.31 bits per heavy atom. The smallest absolute Gasteiger partial charge is 0.382 e. The largest absolute Gasteiger partial charge is 0.460 e. The summed E-state index contributed by atoms with van der Waals surface area (Å²) < 4.78 is 182. The molecule has 1 aromatic rings. The zero-order valence-corrected chi connectivity index (χ0v) is 15.5. The lowest BCUT2D eigenvalue weighted by atomic mass is 9.92. The van der Waals surface area contributed by atoms with Crippen LogP contribution in [-0.2, 0) is 5.67 Å². The van der Waals surface area contributed by atoms with E-state index in [2.05, 4.69) is 5.73 Å². The second kappa shape index (κ2) is 8.32. The zero-order chi connectivity index (χ0) is 28.2. The molecule has 22 heteroatoms. The lowest BCUT2D eigenvalue weighted by molar-refractivity contribution is -0.393. The topological polar surface area (TPSA) is 125 Å². The second-order valence-corrected chi connectivity index (χ2v) is 6.17. The van der Waals surface area contributed by atoms with E-state index in [1.165, 1.54) is 0 Å². The predicted molar refractivity (Wildman–Crippen MR) is 81.9 cm³/mol. The summed E-state index contributed by atoms with van der Waals surface area (Å²) in [5.74, 6) is -16.9. The van der Waals surface area contributed by atoms with Gasteiger partial charge >= 0.3 is 47.4 Å². The molecule has 0 spiro atoms. The number of nitro groups is 2. The van der Waals surface area contributed by atoms with Gasteiger partial charge in [0, 0.05) is 17.7 Å². The highest BCUT2D eigenvalue weighted by atomic mass is 19.4. The SMILES string of the molecule is NC(=Nc1c([N+](=O)[O-])cc(C(F)(C(F)(F)F)C(F)(F)F)cc1[N+](=O)[O-])C(F)(F)C(F)(F)C(F)(F)F. The summed E-state index contributed by atoms with van der Waals surface area (Å²) in [4.78, 5) is 19.8. The number of hydrogen-bond donors (Lipinski definition) is 1. The van der Waals surface area contributed by atoms with Crippen molar-refractivity contribution in [2.45, 2.75) is 36.0 Å². The van der Waals surface area contributed by atoms with E-state index in [0.29, 0.717) is 0 Å². The van der Waals surface area contributed by atoms with Gasteiger partial charge in [-0.3, -0.25) is 20.2 Å². The Morgan fingerprint density at radius 2 is 1.06 bits per heavy atom. The standard InChI is InChI=1S/C13H4F14N4O4/c14-8(11(19,20)21,12(22,23)24)3-1-4(30(32)33)6(5(2-3)31(34)35)29-7(28)9(15,16)10(17,18)13(25,26)27/h1-2H,(H2,28,29). The monoisotopic (exact) mass is 546 g/mol. The fourth-order valence-electron chi connectivity index (χ4n) is 2.21. The molecular weight excluding hydrogens is 542 g/mol. The number of alkyl halides is 14. The van der Waals surface area contributed by atoms with Crippen molar-refractivity contribution in [3.05, 3.63) is 37.9 Å². The molecule has 35 heavy (non-hydrogen) atoms. The van der Waals surface area contributed by atoms with Gasteiger partial charge in [-0.2, -0.15) is 57.1 Å². The average molecular weight is 546 g/mol. The van der Waals surface area contributed by atoms with Crippen molar-refractivity contribution in [1.82, 2.24) is 0 Å². The zero-order valence-electron chi connectivity index (χ0n) is 15.5. The Labute approximate surface area is 180 Å². The Hall–Kier alpha value is -3.49. The van der Waals surface area contributed by atoms with Gasteiger partial charge in [0.05, 0.1) is 9.85 Å².